The molecular weight excluding hydrogens is 946 g/mol. The van der Waals surface area contributed by atoms with Crippen LogP contribution in [0.3, 0.4) is 0 Å². The number of carbonyl (C=O) groups is 2. The summed E-state index contributed by atoms with van der Waals surface area (Å²) in [5, 5.41) is 31.0. The number of benzene rings is 1. The van der Waals surface area contributed by atoms with Gasteiger partial charge in [-0.25, -0.2) is 0 Å². The van der Waals surface area contributed by atoms with Gasteiger partial charge in [-0.3, -0.25) is 9.59 Å². The number of aliphatic hydroxyl groups is 2. The predicted molar refractivity (Wildman–Crippen MR) is 221 cm³/mol. The van der Waals surface area contributed by atoms with Gasteiger partial charge in [-0.2, -0.15) is 0 Å². The highest BCUT2D eigenvalue weighted by Crippen LogP contribution is 2.41. The van der Waals surface area contributed by atoms with Gasteiger partial charge in [0.1, 0.15) is 17.8 Å². The highest BCUT2D eigenvalue weighted by molar-refractivity contribution is 9.12. The average Bonchev–Trinajstić information content (AvgIpc) is 3.36. The Labute approximate surface area is 347 Å². The van der Waals surface area contributed by atoms with Gasteiger partial charge >= 0.3 is 5.79 Å². The topological polar surface area (TPSA) is 148 Å². The Kier molecular flexibility index (Phi) is 20.5. The van der Waals surface area contributed by atoms with Crippen molar-refractivity contribution in [1.82, 2.24) is 10.6 Å². The fourth-order valence-corrected chi connectivity index (χ4v) is 8.67. The van der Waals surface area contributed by atoms with Gasteiger partial charge in [-0.1, -0.05) is 79.2 Å². The second kappa shape index (κ2) is 23.9. The Morgan fingerprint density at radius 3 is 2.34 bits per heavy atom. The van der Waals surface area contributed by atoms with Crippen molar-refractivity contribution in [3.63, 3.8) is 0 Å². The number of oxime groups is 1. The number of nitrogens with zero attached hydrogens (tertiary/aromatic N) is 1. The molecule has 3 unspecified atom stereocenters. The van der Waals surface area contributed by atoms with Crippen molar-refractivity contribution >= 4 is 81.2 Å². The number of rotatable bonds is 23. The summed E-state index contributed by atoms with van der Waals surface area (Å²) in [5.74, 6) is -0.495. The normalized spacial score (nSPS) is 19.1. The third-order valence-electron chi connectivity index (χ3n) is 8.73. The maximum atomic E-state index is 12.8. The van der Waals surface area contributed by atoms with Crippen LogP contribution in [0.4, 0.5) is 0 Å². The first-order valence-corrected chi connectivity index (χ1v) is 21.5. The Morgan fingerprint density at radius 2 is 1.66 bits per heavy atom. The molecule has 2 amide bonds. The molecule has 3 atom stereocenters. The number of methoxy groups -OCH3 is 1. The number of hydrogen-bond donors (Lipinski definition) is 4. The van der Waals surface area contributed by atoms with Gasteiger partial charge in [0, 0.05) is 24.0 Å². The van der Waals surface area contributed by atoms with E-state index in [9.17, 15) is 19.8 Å². The molecule has 0 saturated heterocycles. The fourth-order valence-electron chi connectivity index (χ4n) is 5.70. The molecule has 2 aliphatic heterocycles. The quantitative estimate of drug-likeness (QED) is 0.0628. The number of allylic oxidation sites excluding steroid dienone is 3. The van der Waals surface area contributed by atoms with Crippen LogP contribution in [0.15, 0.2) is 59.4 Å². The minimum Gasteiger partial charge on any atom is -0.495 e. The van der Waals surface area contributed by atoms with Gasteiger partial charge in [-0.05, 0) is 110 Å². The van der Waals surface area contributed by atoms with Gasteiger partial charge < -0.3 is 39.9 Å². The van der Waals surface area contributed by atoms with E-state index in [0.717, 1.165) is 31.6 Å². The zero-order valence-corrected chi connectivity index (χ0v) is 37.1. The van der Waals surface area contributed by atoms with Crippen LogP contribution in [-0.4, -0.2) is 66.4 Å². The van der Waals surface area contributed by atoms with Crippen LogP contribution >= 0.6 is 63.7 Å². The number of halogens is 4. The summed E-state index contributed by atoms with van der Waals surface area (Å²) in [5.41, 5.74) is 0.409. The van der Waals surface area contributed by atoms with Crippen LogP contribution < -0.4 is 15.4 Å². The molecule has 0 aliphatic carbocycles. The maximum absolute atomic E-state index is 12.8. The number of hydrogen-bond acceptors (Lipinski definition) is 9. The van der Waals surface area contributed by atoms with Crippen LogP contribution in [0.1, 0.15) is 109 Å². The molecule has 0 radical (unpaired) electrons. The van der Waals surface area contributed by atoms with E-state index in [-0.39, 0.29) is 37.7 Å². The SMILES string of the molecule is COC1=C(Br)CC2(OC=C1Br)ON=C(C(=O)NCCCOc1c(Br)cc(C(O)CNC(=O)CCCCCCCCC=CCCCC(C)C)cc1Br)C2O. The minimum atomic E-state index is -1.62. The first kappa shape index (κ1) is 45.5. The van der Waals surface area contributed by atoms with Crippen molar-refractivity contribution in [2.24, 2.45) is 11.1 Å². The van der Waals surface area contributed by atoms with E-state index >= 15 is 0 Å². The highest BCUT2D eigenvalue weighted by atomic mass is 79.9. The second-order valence-electron chi connectivity index (χ2n) is 13.5. The van der Waals surface area contributed by atoms with E-state index in [0.29, 0.717) is 47.8 Å². The van der Waals surface area contributed by atoms with E-state index in [1.165, 1.54) is 51.9 Å². The number of unbranched alkanes of at least 4 members (excludes halogenated alkanes) is 7. The molecule has 4 N–H and O–H groups in total. The molecule has 0 fully saturated rings. The van der Waals surface area contributed by atoms with E-state index in [1.807, 2.05) is 0 Å². The lowest BCUT2D eigenvalue weighted by atomic mass is 10.0. The van der Waals surface area contributed by atoms with Gasteiger partial charge in [0.05, 0.1) is 39.7 Å². The summed E-state index contributed by atoms with van der Waals surface area (Å²) in [4.78, 5) is 30.6. The molecule has 2 heterocycles. The maximum Gasteiger partial charge on any atom is 0.311 e. The van der Waals surface area contributed by atoms with Crippen molar-refractivity contribution in [3.05, 3.63) is 59.8 Å². The van der Waals surface area contributed by atoms with Crippen LogP contribution in [-0.2, 0) is 23.9 Å². The fraction of sp³-hybridized carbons (Fsp3) is 0.605. The Hall–Kier alpha value is -1.91. The molecule has 1 aromatic carbocycles. The van der Waals surface area contributed by atoms with E-state index < -0.39 is 23.9 Å². The zero-order valence-electron chi connectivity index (χ0n) is 30.7. The summed E-state index contributed by atoms with van der Waals surface area (Å²) in [6.45, 7) is 5.15. The van der Waals surface area contributed by atoms with Crippen molar-refractivity contribution in [1.29, 1.82) is 0 Å². The monoisotopic (exact) mass is 995 g/mol. The number of amides is 2. The summed E-state index contributed by atoms with van der Waals surface area (Å²) in [6, 6.07) is 3.51. The molecule has 0 bridgehead atoms. The molecular formula is C38H53Br4N3O8. The second-order valence-corrected chi connectivity index (χ2v) is 17.0. The molecule has 2 aliphatic rings. The lowest BCUT2D eigenvalue weighted by molar-refractivity contribution is -0.225. The highest BCUT2D eigenvalue weighted by Gasteiger charge is 2.54. The van der Waals surface area contributed by atoms with Crippen molar-refractivity contribution in [2.75, 3.05) is 26.8 Å². The summed E-state index contributed by atoms with van der Waals surface area (Å²) in [6.07, 6.45) is 16.1. The van der Waals surface area contributed by atoms with Gasteiger partial charge in [0.25, 0.3) is 5.91 Å². The van der Waals surface area contributed by atoms with Crippen LogP contribution in [0.5, 0.6) is 5.75 Å². The van der Waals surface area contributed by atoms with Crippen molar-refractivity contribution < 1.29 is 38.9 Å². The Bertz CT molecular complexity index is 1460. The number of aliphatic hydroxyl groups excluding tert-OH is 2. The van der Waals surface area contributed by atoms with Crippen molar-refractivity contribution in [2.45, 2.75) is 115 Å². The lowest BCUT2D eigenvalue weighted by Crippen LogP contribution is -2.49. The predicted octanol–water partition coefficient (Wildman–Crippen LogP) is 9.10. The molecule has 1 aromatic rings. The summed E-state index contributed by atoms with van der Waals surface area (Å²) >= 11 is 13.8. The minimum absolute atomic E-state index is 0.0448. The molecule has 1 spiro atoms. The van der Waals surface area contributed by atoms with Crippen LogP contribution in [0.2, 0.25) is 0 Å². The largest absolute Gasteiger partial charge is 0.495 e. The van der Waals surface area contributed by atoms with E-state index in [1.54, 1.807) is 12.1 Å². The standard InChI is InChI=1S/C38H53Br4N3O8/c1-25(2)16-13-11-9-7-5-4-6-8-10-12-14-17-32(47)44-23-31(46)26-20-27(39)35(28(40)21-26)51-19-15-18-43-37(49)33-36(48)38(53-45-33)22-29(41)34(50-3)30(42)24-52-38/h7,9,20-21,24-25,31,36,46,48H,4-6,8,10-19,22-23H2,1-3H3,(H,43,49)(H,44,47). The number of carbonyl (C=O) groups excluding carboxylic acids is 2. The van der Waals surface area contributed by atoms with Gasteiger partial charge in [0.15, 0.2) is 11.8 Å². The Morgan fingerprint density at radius 1 is 1.00 bits per heavy atom. The third kappa shape index (κ3) is 14.9. The average molecular weight is 999 g/mol. The van der Waals surface area contributed by atoms with Crippen molar-refractivity contribution in [3.8, 4) is 5.75 Å². The Balaban J connectivity index is 1.29. The van der Waals surface area contributed by atoms with E-state index in [2.05, 4.69) is 106 Å². The number of ether oxygens (including phenoxy) is 3. The molecule has 11 nitrogen and oxygen atoms in total. The van der Waals surface area contributed by atoms with Crippen LogP contribution in [0, 0.1) is 5.92 Å². The van der Waals surface area contributed by atoms with E-state index in [4.69, 9.17) is 19.0 Å². The third-order valence-corrected chi connectivity index (χ3v) is 11.1. The molecule has 0 saturated carbocycles. The zero-order chi connectivity index (χ0) is 38.8. The molecule has 15 heteroatoms. The number of nitrogens with one attached hydrogen (secondary N) is 2. The summed E-state index contributed by atoms with van der Waals surface area (Å²) in [7, 11) is 1.50. The molecule has 0 aromatic heterocycles. The lowest BCUT2D eigenvalue weighted by Gasteiger charge is -2.27. The molecule has 296 valence electrons. The van der Waals surface area contributed by atoms with Gasteiger partial charge in [0.2, 0.25) is 5.91 Å². The molecule has 3 rings (SSSR count). The summed E-state index contributed by atoms with van der Waals surface area (Å²) < 4.78 is 19.3. The first-order chi connectivity index (χ1) is 25.4. The molecule has 53 heavy (non-hydrogen) atoms. The van der Waals surface area contributed by atoms with Gasteiger partial charge in [-0.15, -0.1) is 0 Å². The first-order valence-electron chi connectivity index (χ1n) is 18.3. The smallest absolute Gasteiger partial charge is 0.311 e. The van der Waals surface area contributed by atoms with Crippen LogP contribution in [0.25, 0.3) is 0 Å².